The van der Waals surface area contributed by atoms with Gasteiger partial charge in [0.25, 0.3) is 0 Å². The topological polar surface area (TPSA) is 128 Å². The first-order chi connectivity index (χ1) is 13.4. The average Bonchev–Trinajstić information content (AvgIpc) is 2.67. The minimum atomic E-state index is -0.644. The number of phenols is 1. The van der Waals surface area contributed by atoms with Crippen molar-refractivity contribution >= 4 is 38.5 Å². The molecular weight excluding hydrogens is 426 g/mol. The molecule has 28 heavy (non-hydrogen) atoms. The second-order valence-electron chi connectivity index (χ2n) is 5.98. The first kappa shape index (κ1) is 17.8. The van der Waals surface area contributed by atoms with E-state index < -0.39 is 16.4 Å². The Labute approximate surface area is 167 Å². The van der Waals surface area contributed by atoms with Crippen LogP contribution < -0.4 is 5.73 Å². The molecule has 138 valence electrons. The van der Waals surface area contributed by atoms with E-state index in [2.05, 4.69) is 30.9 Å². The Morgan fingerprint density at radius 2 is 1.89 bits per heavy atom. The van der Waals surface area contributed by atoms with Gasteiger partial charge in [0.1, 0.15) is 12.1 Å². The molecule has 0 aliphatic heterocycles. The van der Waals surface area contributed by atoms with Crippen molar-refractivity contribution in [2.24, 2.45) is 0 Å². The summed E-state index contributed by atoms with van der Waals surface area (Å²) in [6.45, 7) is 0. The molecule has 4 aromatic rings. The third-order valence-corrected chi connectivity index (χ3v) is 4.73. The van der Waals surface area contributed by atoms with E-state index in [1.807, 2.05) is 24.3 Å². The lowest BCUT2D eigenvalue weighted by atomic mass is 9.99. The minimum absolute atomic E-state index is 0.288. The third-order valence-electron chi connectivity index (χ3n) is 4.24. The SMILES string of the molecule is Nc1ncnc2nc(-c3ccc(O)c([N+](=O)[O-])c3)cc(-c3cccc(Br)c3)c12. The number of nitrogen functional groups attached to an aromatic ring is 1. The molecule has 2 heterocycles. The highest BCUT2D eigenvalue weighted by molar-refractivity contribution is 9.10. The van der Waals surface area contributed by atoms with Gasteiger partial charge in [0.15, 0.2) is 11.4 Å². The minimum Gasteiger partial charge on any atom is -0.502 e. The standard InChI is InChI=1S/C19H12BrN5O3/c20-12-3-1-2-10(6-12)13-8-14(24-19-17(13)18(21)22-9-23-19)11-4-5-16(26)15(7-11)25(27)28/h1-9,26H,(H2,21,22,23,24). The number of aromatic hydroxyl groups is 1. The third kappa shape index (κ3) is 3.12. The van der Waals surface area contributed by atoms with Crippen LogP contribution in [-0.4, -0.2) is 25.0 Å². The summed E-state index contributed by atoms with van der Waals surface area (Å²) in [6, 6.07) is 13.5. The number of halogens is 1. The Bertz CT molecular complexity index is 1250. The largest absolute Gasteiger partial charge is 0.502 e. The number of nitro benzene ring substituents is 1. The highest BCUT2D eigenvalue weighted by Gasteiger charge is 2.18. The lowest BCUT2D eigenvalue weighted by Gasteiger charge is -2.11. The Morgan fingerprint density at radius 3 is 2.64 bits per heavy atom. The van der Waals surface area contributed by atoms with Gasteiger partial charge in [-0.3, -0.25) is 10.1 Å². The lowest BCUT2D eigenvalue weighted by Crippen LogP contribution is -1.99. The lowest BCUT2D eigenvalue weighted by molar-refractivity contribution is -0.385. The molecule has 4 rings (SSSR count). The highest BCUT2D eigenvalue weighted by Crippen LogP contribution is 2.36. The molecule has 8 nitrogen and oxygen atoms in total. The molecular formula is C19H12BrN5O3. The summed E-state index contributed by atoms with van der Waals surface area (Å²) < 4.78 is 0.882. The van der Waals surface area contributed by atoms with Crippen LogP contribution in [0.4, 0.5) is 11.5 Å². The van der Waals surface area contributed by atoms with Crippen molar-refractivity contribution in [2.45, 2.75) is 0 Å². The van der Waals surface area contributed by atoms with Crippen LogP contribution >= 0.6 is 15.9 Å². The van der Waals surface area contributed by atoms with E-state index in [0.29, 0.717) is 22.3 Å². The number of hydrogen-bond donors (Lipinski definition) is 2. The predicted molar refractivity (Wildman–Crippen MR) is 109 cm³/mol. The molecule has 0 saturated carbocycles. The van der Waals surface area contributed by atoms with Crippen LogP contribution in [-0.2, 0) is 0 Å². The Hall–Kier alpha value is -3.59. The van der Waals surface area contributed by atoms with Gasteiger partial charge in [0.05, 0.1) is 16.0 Å². The van der Waals surface area contributed by atoms with Crippen LogP contribution in [0.15, 0.2) is 59.3 Å². The van der Waals surface area contributed by atoms with Crippen LogP contribution in [0.2, 0.25) is 0 Å². The number of rotatable bonds is 3. The number of nitro groups is 1. The fourth-order valence-electron chi connectivity index (χ4n) is 2.95. The van der Waals surface area contributed by atoms with Gasteiger partial charge in [-0.1, -0.05) is 28.1 Å². The van der Waals surface area contributed by atoms with Crippen LogP contribution in [0.3, 0.4) is 0 Å². The number of hydrogen-bond acceptors (Lipinski definition) is 7. The maximum Gasteiger partial charge on any atom is 0.311 e. The molecule has 0 bridgehead atoms. The van der Waals surface area contributed by atoms with E-state index >= 15 is 0 Å². The van der Waals surface area contributed by atoms with Gasteiger partial charge >= 0.3 is 5.69 Å². The number of fused-ring (bicyclic) bond motifs is 1. The molecule has 0 amide bonds. The summed E-state index contributed by atoms with van der Waals surface area (Å²) in [6.07, 6.45) is 1.32. The maximum absolute atomic E-state index is 11.2. The van der Waals surface area contributed by atoms with E-state index in [9.17, 15) is 15.2 Å². The number of anilines is 1. The van der Waals surface area contributed by atoms with Crippen LogP contribution in [0, 0.1) is 10.1 Å². The fraction of sp³-hybridized carbons (Fsp3) is 0. The second kappa shape index (κ2) is 6.86. The first-order valence-corrected chi connectivity index (χ1v) is 8.88. The van der Waals surface area contributed by atoms with E-state index in [0.717, 1.165) is 15.6 Å². The van der Waals surface area contributed by atoms with Crippen LogP contribution in [0.1, 0.15) is 0 Å². The molecule has 3 N–H and O–H groups in total. The average molecular weight is 438 g/mol. The molecule has 2 aromatic heterocycles. The summed E-state index contributed by atoms with van der Waals surface area (Å²) in [5, 5.41) is 21.5. The molecule has 0 spiro atoms. The zero-order valence-electron chi connectivity index (χ0n) is 14.2. The zero-order chi connectivity index (χ0) is 19.8. The van der Waals surface area contributed by atoms with Crippen molar-refractivity contribution in [2.75, 3.05) is 5.73 Å². The van der Waals surface area contributed by atoms with Crippen molar-refractivity contribution in [1.29, 1.82) is 0 Å². The highest BCUT2D eigenvalue weighted by atomic mass is 79.9. The van der Waals surface area contributed by atoms with E-state index in [-0.39, 0.29) is 5.82 Å². The Kier molecular flexibility index (Phi) is 4.36. The maximum atomic E-state index is 11.2. The molecule has 0 aliphatic rings. The van der Waals surface area contributed by atoms with Crippen LogP contribution in [0.25, 0.3) is 33.4 Å². The monoisotopic (exact) mass is 437 g/mol. The first-order valence-electron chi connectivity index (χ1n) is 8.09. The van der Waals surface area contributed by atoms with Gasteiger partial charge in [0, 0.05) is 16.1 Å². The summed E-state index contributed by atoms with van der Waals surface area (Å²) in [7, 11) is 0. The summed E-state index contributed by atoms with van der Waals surface area (Å²) >= 11 is 3.46. The Balaban J connectivity index is 2.02. The number of benzene rings is 2. The van der Waals surface area contributed by atoms with Crippen molar-refractivity contribution in [3.05, 3.63) is 69.4 Å². The number of pyridine rings is 1. The van der Waals surface area contributed by atoms with Crippen molar-refractivity contribution in [3.63, 3.8) is 0 Å². The molecule has 2 aromatic carbocycles. The number of nitrogens with zero attached hydrogens (tertiary/aromatic N) is 4. The van der Waals surface area contributed by atoms with Crippen molar-refractivity contribution < 1.29 is 10.0 Å². The molecule has 0 radical (unpaired) electrons. The van der Waals surface area contributed by atoms with E-state index in [4.69, 9.17) is 5.73 Å². The molecule has 0 fully saturated rings. The summed E-state index contributed by atoms with van der Waals surface area (Å²) in [5.41, 5.74) is 8.59. The second-order valence-corrected chi connectivity index (χ2v) is 6.90. The summed E-state index contributed by atoms with van der Waals surface area (Å²) in [4.78, 5) is 23.3. The van der Waals surface area contributed by atoms with Gasteiger partial charge in [-0.05, 0) is 41.5 Å². The van der Waals surface area contributed by atoms with E-state index in [1.165, 1.54) is 18.5 Å². The Morgan fingerprint density at radius 1 is 1.07 bits per heavy atom. The van der Waals surface area contributed by atoms with Gasteiger partial charge in [0.2, 0.25) is 0 Å². The van der Waals surface area contributed by atoms with Crippen LogP contribution in [0.5, 0.6) is 5.75 Å². The number of phenolic OH excluding ortho intramolecular Hbond substituents is 1. The molecule has 0 atom stereocenters. The molecule has 0 unspecified atom stereocenters. The predicted octanol–water partition coefficient (Wildman–Crippen LogP) is 4.32. The molecule has 0 aliphatic carbocycles. The van der Waals surface area contributed by atoms with Gasteiger partial charge in [-0.15, -0.1) is 0 Å². The van der Waals surface area contributed by atoms with Crippen molar-refractivity contribution in [3.8, 4) is 28.1 Å². The quantitative estimate of drug-likeness (QED) is 0.360. The normalized spacial score (nSPS) is 10.9. The fourth-order valence-corrected chi connectivity index (χ4v) is 3.35. The van der Waals surface area contributed by atoms with Gasteiger partial charge in [-0.2, -0.15) is 0 Å². The molecule has 9 heteroatoms. The van der Waals surface area contributed by atoms with Crippen molar-refractivity contribution in [1.82, 2.24) is 15.0 Å². The summed E-state index contributed by atoms with van der Waals surface area (Å²) in [5.74, 6) is -0.121. The molecule has 0 saturated heterocycles. The van der Waals surface area contributed by atoms with Gasteiger partial charge < -0.3 is 10.8 Å². The number of nitrogens with two attached hydrogens (primary N) is 1. The van der Waals surface area contributed by atoms with Gasteiger partial charge in [-0.25, -0.2) is 15.0 Å². The number of aromatic nitrogens is 3. The zero-order valence-corrected chi connectivity index (χ0v) is 15.8. The van der Waals surface area contributed by atoms with E-state index in [1.54, 1.807) is 12.1 Å². The smallest absolute Gasteiger partial charge is 0.311 e.